The first-order chi connectivity index (χ1) is 23.3. The Hall–Kier alpha value is -4.26. The summed E-state index contributed by atoms with van der Waals surface area (Å²) in [5.41, 5.74) is -2.70. The summed E-state index contributed by atoms with van der Waals surface area (Å²) in [5, 5.41) is 0. The average Bonchev–Trinajstić information content (AvgIpc) is 2.99. The third-order valence-corrected chi connectivity index (χ3v) is 11.1. The van der Waals surface area contributed by atoms with Gasteiger partial charge in [0.15, 0.2) is 17.8 Å². The molecule has 0 unspecified atom stereocenters. The van der Waals surface area contributed by atoms with Gasteiger partial charge in [-0.1, -0.05) is 39.0 Å². The van der Waals surface area contributed by atoms with Crippen molar-refractivity contribution in [3.63, 3.8) is 0 Å². The molecule has 4 aliphatic rings. The summed E-state index contributed by atoms with van der Waals surface area (Å²) >= 11 is 0. The quantitative estimate of drug-likeness (QED) is 0.228. The molecule has 0 amide bonds. The molecule has 2 saturated carbocycles. The Morgan fingerprint density at radius 2 is 1.34 bits per heavy atom. The second kappa shape index (κ2) is 13.5. The number of ether oxygens (including phenoxy) is 7. The second-order valence-corrected chi connectivity index (χ2v) is 14.6. The van der Waals surface area contributed by atoms with Crippen LogP contribution in [0.3, 0.4) is 0 Å². The van der Waals surface area contributed by atoms with Crippen LogP contribution in [0, 0.1) is 22.7 Å². The molecule has 0 radical (unpaired) electrons. The van der Waals surface area contributed by atoms with Gasteiger partial charge in [-0.25, -0.2) is 4.79 Å². The van der Waals surface area contributed by atoms with Crippen molar-refractivity contribution >= 4 is 35.8 Å². The Bertz CT molecular complexity index is 1600. The van der Waals surface area contributed by atoms with Crippen LogP contribution in [0.4, 0.5) is 0 Å². The molecule has 13 heteroatoms. The predicted molar refractivity (Wildman–Crippen MR) is 173 cm³/mol. The van der Waals surface area contributed by atoms with Gasteiger partial charge >= 0.3 is 35.8 Å². The lowest BCUT2D eigenvalue weighted by Gasteiger charge is -2.68. The minimum atomic E-state index is -1.55. The Morgan fingerprint density at radius 1 is 0.740 bits per heavy atom. The van der Waals surface area contributed by atoms with Crippen molar-refractivity contribution in [2.45, 2.75) is 117 Å². The standard InChI is InChI=1S/C37H46O13/c1-18-26(45-19(2)38)15-25-30(49-34(43)24-13-11-10-12-14-24)32-36(9,27(46-20(3)39)16-28-37(32,17-44-28)50-23(6)42)33(48-22(5)41)31(47-21(4)40)29(18)35(25,7)8/h10-14,25-28,30-33H,15-17H2,1-9H3/t25-,26-,27-,28-,30+,31+,32-,33+,36-,37-/m0/s1. The number of esters is 6. The normalized spacial score (nSPS) is 35.3. The first-order valence-electron chi connectivity index (χ1n) is 16.8. The third-order valence-electron chi connectivity index (χ3n) is 11.1. The highest BCUT2D eigenvalue weighted by Gasteiger charge is 2.77. The summed E-state index contributed by atoms with van der Waals surface area (Å²) in [6.45, 7) is 13.3. The van der Waals surface area contributed by atoms with Crippen LogP contribution in [0.5, 0.6) is 0 Å². The molecule has 10 atom stereocenters. The van der Waals surface area contributed by atoms with Crippen molar-refractivity contribution in [2.75, 3.05) is 6.61 Å². The van der Waals surface area contributed by atoms with E-state index in [0.29, 0.717) is 11.1 Å². The zero-order chi connectivity index (χ0) is 36.9. The molecule has 2 bridgehead atoms. The third kappa shape index (κ3) is 6.29. The molecule has 3 fully saturated rings. The van der Waals surface area contributed by atoms with Gasteiger partial charge in [0.25, 0.3) is 0 Å². The maximum Gasteiger partial charge on any atom is 0.338 e. The van der Waals surface area contributed by atoms with Crippen molar-refractivity contribution in [3.05, 3.63) is 47.0 Å². The van der Waals surface area contributed by atoms with E-state index < -0.39 is 101 Å². The van der Waals surface area contributed by atoms with Gasteiger partial charge in [0.1, 0.15) is 24.4 Å². The molecule has 1 saturated heterocycles. The molecular weight excluding hydrogens is 652 g/mol. The predicted octanol–water partition coefficient (Wildman–Crippen LogP) is 4.04. The first-order valence-corrected chi connectivity index (χ1v) is 16.8. The molecule has 50 heavy (non-hydrogen) atoms. The highest BCUT2D eigenvalue weighted by Crippen LogP contribution is 2.65. The lowest BCUT2D eigenvalue weighted by atomic mass is 9.45. The van der Waals surface area contributed by atoms with E-state index in [4.69, 9.17) is 33.2 Å². The van der Waals surface area contributed by atoms with E-state index in [1.807, 2.05) is 13.8 Å². The lowest BCUT2D eigenvalue weighted by Crippen LogP contribution is -2.80. The SMILES string of the molecule is CC(=O)O[C@H]1C[C@H]2[C@@H](OC(=O)c3ccccc3)[C@@H]3[C@]4(OC(C)=O)CO[C@H]4C[C@H](OC(C)=O)[C@]3(C)[C@H](OC(C)=O)[C@H](OC(C)=O)C(=C1C)C2(C)C. The van der Waals surface area contributed by atoms with Gasteiger partial charge in [-0.05, 0) is 42.0 Å². The van der Waals surface area contributed by atoms with E-state index in [1.165, 1.54) is 34.6 Å². The van der Waals surface area contributed by atoms with Crippen molar-refractivity contribution in [1.82, 2.24) is 0 Å². The van der Waals surface area contributed by atoms with E-state index in [2.05, 4.69) is 0 Å². The molecule has 0 aromatic heterocycles. The van der Waals surface area contributed by atoms with Crippen LogP contribution in [0.25, 0.3) is 0 Å². The zero-order valence-electron chi connectivity index (χ0n) is 29.9. The number of carbonyl (C=O) groups is 6. The fourth-order valence-electron chi connectivity index (χ4n) is 9.24. The van der Waals surface area contributed by atoms with Gasteiger partial charge in [-0.3, -0.25) is 24.0 Å². The monoisotopic (exact) mass is 698 g/mol. The van der Waals surface area contributed by atoms with E-state index in [9.17, 15) is 28.8 Å². The van der Waals surface area contributed by atoms with Crippen molar-refractivity contribution in [1.29, 1.82) is 0 Å². The van der Waals surface area contributed by atoms with Crippen molar-refractivity contribution in [2.24, 2.45) is 22.7 Å². The van der Waals surface area contributed by atoms with Gasteiger partial charge in [0.05, 0.1) is 23.5 Å². The lowest BCUT2D eigenvalue weighted by molar-refractivity contribution is -0.355. The van der Waals surface area contributed by atoms with Gasteiger partial charge in [0, 0.05) is 47.0 Å². The van der Waals surface area contributed by atoms with Gasteiger partial charge in [-0.15, -0.1) is 0 Å². The second-order valence-electron chi connectivity index (χ2n) is 14.6. The highest BCUT2D eigenvalue weighted by molar-refractivity contribution is 5.89. The van der Waals surface area contributed by atoms with Crippen LogP contribution >= 0.6 is 0 Å². The van der Waals surface area contributed by atoms with E-state index >= 15 is 0 Å². The largest absolute Gasteiger partial charge is 0.462 e. The number of benzene rings is 1. The molecule has 13 nitrogen and oxygen atoms in total. The molecule has 0 spiro atoms. The minimum absolute atomic E-state index is 0.0198. The smallest absolute Gasteiger partial charge is 0.338 e. The van der Waals surface area contributed by atoms with Crippen LogP contribution in [-0.2, 0) is 57.1 Å². The van der Waals surface area contributed by atoms with Crippen LogP contribution < -0.4 is 0 Å². The molecule has 0 N–H and O–H groups in total. The Kier molecular flexibility index (Phi) is 9.96. The summed E-state index contributed by atoms with van der Waals surface area (Å²) in [7, 11) is 0. The van der Waals surface area contributed by atoms with Crippen molar-refractivity contribution in [3.8, 4) is 0 Å². The van der Waals surface area contributed by atoms with E-state index in [1.54, 1.807) is 44.2 Å². The van der Waals surface area contributed by atoms with Gasteiger partial charge in [0.2, 0.25) is 0 Å². The van der Waals surface area contributed by atoms with Crippen LogP contribution in [-0.4, -0.2) is 84.6 Å². The van der Waals surface area contributed by atoms with Gasteiger partial charge < -0.3 is 33.2 Å². The summed E-state index contributed by atoms with van der Waals surface area (Å²) in [4.78, 5) is 78.5. The topological polar surface area (TPSA) is 167 Å². The molecule has 5 rings (SSSR count). The summed E-state index contributed by atoms with van der Waals surface area (Å²) < 4.78 is 43.1. The minimum Gasteiger partial charge on any atom is -0.462 e. The molecular formula is C37H46O13. The number of rotatable bonds is 7. The maximum atomic E-state index is 14.1. The molecule has 1 aliphatic heterocycles. The Labute approximate surface area is 291 Å². The molecule has 1 aromatic rings. The average molecular weight is 699 g/mol. The molecule has 1 aromatic carbocycles. The maximum absolute atomic E-state index is 14.1. The fourth-order valence-corrected chi connectivity index (χ4v) is 9.24. The zero-order valence-corrected chi connectivity index (χ0v) is 29.9. The number of fused-ring (bicyclic) bond motifs is 5. The molecule has 3 aliphatic carbocycles. The number of carbonyl (C=O) groups excluding carboxylic acids is 6. The summed E-state index contributed by atoms with van der Waals surface area (Å²) in [5.74, 6) is -5.75. The molecule has 272 valence electrons. The van der Waals surface area contributed by atoms with Crippen LogP contribution in [0.2, 0.25) is 0 Å². The first kappa shape index (κ1) is 37.0. The van der Waals surface area contributed by atoms with E-state index in [-0.39, 0.29) is 25.0 Å². The fraction of sp³-hybridized carbons (Fsp3) is 0.622. The number of hydrogen-bond donors (Lipinski definition) is 0. The Balaban J connectivity index is 1.91. The van der Waals surface area contributed by atoms with Crippen LogP contribution in [0.15, 0.2) is 41.5 Å². The molecule has 1 heterocycles. The van der Waals surface area contributed by atoms with E-state index in [0.717, 1.165) is 0 Å². The number of hydrogen-bond acceptors (Lipinski definition) is 13. The Morgan fingerprint density at radius 3 is 1.86 bits per heavy atom. The van der Waals surface area contributed by atoms with Gasteiger partial charge in [-0.2, -0.15) is 0 Å². The summed E-state index contributed by atoms with van der Waals surface area (Å²) in [6.07, 6.45) is -6.43. The summed E-state index contributed by atoms with van der Waals surface area (Å²) in [6, 6.07) is 8.35. The van der Waals surface area contributed by atoms with Crippen molar-refractivity contribution < 1.29 is 61.9 Å². The highest BCUT2D eigenvalue weighted by atomic mass is 16.6. The van der Waals surface area contributed by atoms with Crippen LogP contribution in [0.1, 0.15) is 85.5 Å².